The molecule has 0 rings (SSSR count). The number of hydrogen-bond acceptors (Lipinski definition) is 3. The zero-order chi connectivity index (χ0) is 11.7. The first-order chi connectivity index (χ1) is 7.11. The van der Waals surface area contributed by atoms with Gasteiger partial charge in [0, 0.05) is 7.11 Å². The fraction of sp³-hybridized carbons (Fsp3) is 0.917. The Balaban J connectivity index is 3.92. The molecule has 15 heavy (non-hydrogen) atoms. The van der Waals surface area contributed by atoms with Gasteiger partial charge in [-0.15, -0.1) is 0 Å². The van der Waals surface area contributed by atoms with Crippen molar-refractivity contribution in [2.45, 2.75) is 40.0 Å². The molecule has 0 aliphatic rings. The van der Waals surface area contributed by atoms with Crippen molar-refractivity contribution in [2.75, 3.05) is 20.3 Å². The van der Waals surface area contributed by atoms with Crippen LogP contribution in [0, 0.1) is 11.8 Å². The van der Waals surface area contributed by atoms with Crippen molar-refractivity contribution >= 4 is 5.97 Å². The monoisotopic (exact) mass is 216 g/mol. The lowest BCUT2D eigenvalue weighted by Gasteiger charge is -2.16. The minimum Gasteiger partial charge on any atom is -0.465 e. The average Bonchev–Trinajstić information content (AvgIpc) is 2.17. The summed E-state index contributed by atoms with van der Waals surface area (Å²) < 4.78 is 10.2. The molecule has 0 aromatic heterocycles. The SMILES string of the molecule is CCCCOC(=O)C(COC)CC(C)C. The Morgan fingerprint density at radius 2 is 2.00 bits per heavy atom. The van der Waals surface area contributed by atoms with Gasteiger partial charge in [0.25, 0.3) is 0 Å². The van der Waals surface area contributed by atoms with Gasteiger partial charge in [-0.1, -0.05) is 27.2 Å². The van der Waals surface area contributed by atoms with Crippen molar-refractivity contribution in [3.05, 3.63) is 0 Å². The van der Waals surface area contributed by atoms with Crippen molar-refractivity contribution in [2.24, 2.45) is 11.8 Å². The second-order valence-corrected chi connectivity index (χ2v) is 4.30. The Hall–Kier alpha value is -0.570. The highest BCUT2D eigenvalue weighted by molar-refractivity contribution is 5.72. The number of unbranched alkanes of at least 4 members (excludes halogenated alkanes) is 1. The predicted molar refractivity (Wildman–Crippen MR) is 60.7 cm³/mol. The highest BCUT2D eigenvalue weighted by Gasteiger charge is 2.20. The summed E-state index contributed by atoms with van der Waals surface area (Å²) in [7, 11) is 1.62. The van der Waals surface area contributed by atoms with Gasteiger partial charge in [-0.3, -0.25) is 4.79 Å². The molecule has 0 aliphatic heterocycles. The van der Waals surface area contributed by atoms with Crippen molar-refractivity contribution in [3.8, 4) is 0 Å². The van der Waals surface area contributed by atoms with Gasteiger partial charge < -0.3 is 9.47 Å². The van der Waals surface area contributed by atoms with Gasteiger partial charge in [-0.05, 0) is 18.8 Å². The third-order valence-electron chi connectivity index (χ3n) is 2.20. The molecule has 0 aliphatic carbocycles. The Morgan fingerprint density at radius 1 is 1.33 bits per heavy atom. The molecule has 0 aromatic carbocycles. The number of carbonyl (C=O) groups excluding carboxylic acids is 1. The average molecular weight is 216 g/mol. The van der Waals surface area contributed by atoms with Gasteiger partial charge in [0.2, 0.25) is 0 Å². The number of esters is 1. The minimum absolute atomic E-state index is 0.105. The third-order valence-corrected chi connectivity index (χ3v) is 2.20. The first-order valence-corrected chi connectivity index (χ1v) is 5.77. The van der Waals surface area contributed by atoms with Gasteiger partial charge in [0.15, 0.2) is 0 Å². The second kappa shape index (κ2) is 8.72. The van der Waals surface area contributed by atoms with Crippen LogP contribution in [0.15, 0.2) is 0 Å². The van der Waals surface area contributed by atoms with Gasteiger partial charge >= 0.3 is 5.97 Å². The zero-order valence-corrected chi connectivity index (χ0v) is 10.4. The van der Waals surface area contributed by atoms with E-state index in [-0.39, 0.29) is 11.9 Å². The summed E-state index contributed by atoms with van der Waals surface area (Å²) in [4.78, 5) is 11.6. The molecule has 0 saturated heterocycles. The van der Waals surface area contributed by atoms with Crippen LogP contribution in [0.25, 0.3) is 0 Å². The highest BCUT2D eigenvalue weighted by Crippen LogP contribution is 2.14. The fourth-order valence-corrected chi connectivity index (χ4v) is 1.44. The molecule has 3 heteroatoms. The van der Waals surface area contributed by atoms with Gasteiger partial charge in [-0.25, -0.2) is 0 Å². The van der Waals surface area contributed by atoms with Crippen molar-refractivity contribution in [3.63, 3.8) is 0 Å². The molecule has 1 atom stereocenters. The normalized spacial score (nSPS) is 12.9. The lowest BCUT2D eigenvalue weighted by molar-refractivity contribution is -0.151. The second-order valence-electron chi connectivity index (χ2n) is 4.30. The summed E-state index contributed by atoms with van der Waals surface area (Å²) >= 11 is 0. The maximum absolute atomic E-state index is 11.6. The van der Waals surface area contributed by atoms with Crippen molar-refractivity contribution in [1.82, 2.24) is 0 Å². The van der Waals surface area contributed by atoms with Crippen LogP contribution in [-0.4, -0.2) is 26.3 Å². The van der Waals surface area contributed by atoms with E-state index in [0.717, 1.165) is 19.3 Å². The number of carbonyl (C=O) groups is 1. The van der Waals surface area contributed by atoms with Crippen LogP contribution in [0.1, 0.15) is 40.0 Å². The fourth-order valence-electron chi connectivity index (χ4n) is 1.44. The van der Waals surface area contributed by atoms with Crippen LogP contribution >= 0.6 is 0 Å². The molecule has 0 spiro atoms. The summed E-state index contributed by atoms with van der Waals surface area (Å²) in [6.07, 6.45) is 2.82. The molecule has 0 saturated carbocycles. The van der Waals surface area contributed by atoms with Gasteiger partial charge in [0.1, 0.15) is 0 Å². The van der Waals surface area contributed by atoms with E-state index in [1.807, 2.05) is 0 Å². The van der Waals surface area contributed by atoms with E-state index in [1.165, 1.54) is 0 Å². The zero-order valence-electron chi connectivity index (χ0n) is 10.4. The third kappa shape index (κ3) is 7.37. The molecule has 0 aromatic rings. The summed E-state index contributed by atoms with van der Waals surface area (Å²) in [5.41, 5.74) is 0. The Bertz CT molecular complexity index is 166. The number of rotatable bonds is 8. The van der Waals surface area contributed by atoms with Crippen molar-refractivity contribution < 1.29 is 14.3 Å². The quantitative estimate of drug-likeness (QED) is 0.462. The van der Waals surface area contributed by atoms with E-state index in [2.05, 4.69) is 20.8 Å². The molecule has 90 valence electrons. The van der Waals surface area contributed by atoms with Crippen LogP contribution in [0.4, 0.5) is 0 Å². The number of hydrogen-bond donors (Lipinski definition) is 0. The Kier molecular flexibility index (Phi) is 8.38. The number of ether oxygens (including phenoxy) is 2. The van der Waals surface area contributed by atoms with E-state index in [0.29, 0.717) is 19.1 Å². The van der Waals surface area contributed by atoms with Crippen LogP contribution in [0.5, 0.6) is 0 Å². The smallest absolute Gasteiger partial charge is 0.311 e. The first-order valence-electron chi connectivity index (χ1n) is 5.77. The van der Waals surface area contributed by atoms with E-state index in [1.54, 1.807) is 7.11 Å². The van der Waals surface area contributed by atoms with E-state index in [9.17, 15) is 4.79 Å². The first kappa shape index (κ1) is 14.4. The Morgan fingerprint density at radius 3 is 2.47 bits per heavy atom. The standard InChI is InChI=1S/C12H24O3/c1-5-6-7-15-12(13)11(9-14-4)8-10(2)3/h10-11H,5-9H2,1-4H3. The van der Waals surface area contributed by atoms with Gasteiger partial charge in [0.05, 0.1) is 19.1 Å². The highest BCUT2D eigenvalue weighted by atomic mass is 16.5. The molecule has 0 fully saturated rings. The summed E-state index contributed by atoms with van der Waals surface area (Å²) in [5, 5.41) is 0. The van der Waals surface area contributed by atoms with Crippen LogP contribution in [-0.2, 0) is 14.3 Å². The summed E-state index contributed by atoms with van der Waals surface area (Å²) in [5.74, 6) is 0.273. The summed E-state index contributed by atoms with van der Waals surface area (Å²) in [6, 6.07) is 0. The maximum atomic E-state index is 11.6. The van der Waals surface area contributed by atoms with Crippen LogP contribution in [0.3, 0.4) is 0 Å². The Labute approximate surface area is 93.1 Å². The molecule has 3 nitrogen and oxygen atoms in total. The predicted octanol–water partition coefficient (Wildman–Crippen LogP) is 2.64. The largest absolute Gasteiger partial charge is 0.465 e. The topological polar surface area (TPSA) is 35.5 Å². The van der Waals surface area contributed by atoms with E-state index in [4.69, 9.17) is 9.47 Å². The van der Waals surface area contributed by atoms with Gasteiger partial charge in [-0.2, -0.15) is 0 Å². The lowest BCUT2D eigenvalue weighted by Crippen LogP contribution is -2.24. The number of methoxy groups -OCH3 is 1. The molecule has 1 unspecified atom stereocenters. The van der Waals surface area contributed by atoms with E-state index >= 15 is 0 Å². The lowest BCUT2D eigenvalue weighted by atomic mass is 9.98. The minimum atomic E-state index is -0.112. The summed E-state index contributed by atoms with van der Waals surface area (Å²) in [6.45, 7) is 7.27. The van der Waals surface area contributed by atoms with E-state index < -0.39 is 0 Å². The maximum Gasteiger partial charge on any atom is 0.311 e. The van der Waals surface area contributed by atoms with Crippen LogP contribution < -0.4 is 0 Å². The molecule has 0 radical (unpaired) electrons. The molecular weight excluding hydrogens is 192 g/mol. The molecular formula is C12H24O3. The van der Waals surface area contributed by atoms with Crippen LogP contribution in [0.2, 0.25) is 0 Å². The molecule has 0 N–H and O–H groups in total. The van der Waals surface area contributed by atoms with Crippen molar-refractivity contribution in [1.29, 1.82) is 0 Å². The molecule has 0 amide bonds. The molecule has 0 heterocycles. The molecule has 0 bridgehead atoms.